The lowest BCUT2D eigenvalue weighted by atomic mass is 10.4. The van der Waals surface area contributed by atoms with Gasteiger partial charge >= 0.3 is 0 Å². The van der Waals surface area contributed by atoms with Gasteiger partial charge in [0.25, 0.3) is 22.3 Å². The molecule has 27 heavy (non-hydrogen) atoms. The van der Waals surface area contributed by atoms with Crippen LogP contribution in [0.15, 0.2) is 23.2 Å². The third-order valence-corrected chi connectivity index (χ3v) is 5.86. The van der Waals surface area contributed by atoms with E-state index in [1.54, 1.807) is 0 Å². The fourth-order valence-electron chi connectivity index (χ4n) is 2.19. The lowest BCUT2D eigenvalue weighted by Crippen LogP contribution is -2.16. The van der Waals surface area contributed by atoms with Crippen molar-refractivity contribution >= 4 is 49.0 Å². The second-order valence-corrected chi connectivity index (χ2v) is 8.41. The van der Waals surface area contributed by atoms with Crippen molar-refractivity contribution in [3.63, 3.8) is 0 Å². The summed E-state index contributed by atoms with van der Waals surface area (Å²) in [5, 5.41) is 0.335. The Morgan fingerprint density at radius 3 is 2.81 bits per heavy atom. The van der Waals surface area contributed by atoms with Gasteiger partial charge in [-0.25, -0.2) is 21.6 Å². The average Bonchev–Trinajstić information content (AvgIpc) is 3.13. The fourth-order valence-corrected chi connectivity index (χ4v) is 4.54. The Kier molecular flexibility index (Phi) is 5.40. The zero-order valence-electron chi connectivity index (χ0n) is 13.4. The molecule has 2 N–H and O–H groups in total. The Hall–Kier alpha value is -2.18. The van der Waals surface area contributed by atoms with Crippen LogP contribution in [0.3, 0.4) is 0 Å². The summed E-state index contributed by atoms with van der Waals surface area (Å²) in [5.41, 5.74) is 0. The van der Waals surface area contributed by atoms with Gasteiger partial charge in [0.2, 0.25) is 0 Å². The van der Waals surface area contributed by atoms with Crippen LogP contribution in [0.1, 0.15) is 0 Å². The van der Waals surface area contributed by atoms with Gasteiger partial charge in [0.15, 0.2) is 17.4 Å². The molecule has 0 unspecified atom stereocenters. The number of methoxy groups -OCH3 is 1. The van der Waals surface area contributed by atoms with Crippen LogP contribution in [0.2, 0.25) is 4.34 Å². The summed E-state index contributed by atoms with van der Waals surface area (Å²) >= 11 is 7.01. The molecule has 3 rings (SSSR count). The molecule has 0 aromatic carbocycles. The highest BCUT2D eigenvalue weighted by atomic mass is 35.5. The van der Waals surface area contributed by atoms with E-state index in [1.165, 1.54) is 12.3 Å². The van der Waals surface area contributed by atoms with Crippen LogP contribution < -0.4 is 14.2 Å². The van der Waals surface area contributed by atoms with E-state index in [0.29, 0.717) is 20.6 Å². The summed E-state index contributed by atoms with van der Waals surface area (Å²) in [6.07, 6.45) is -1.56. The van der Waals surface area contributed by atoms with Crippen molar-refractivity contribution in [3.8, 4) is 11.6 Å². The lowest BCUT2D eigenvalue weighted by Gasteiger charge is -2.13. The van der Waals surface area contributed by atoms with Crippen molar-refractivity contribution in [2.24, 2.45) is 0 Å². The van der Waals surface area contributed by atoms with Crippen molar-refractivity contribution in [1.29, 1.82) is 0 Å². The van der Waals surface area contributed by atoms with E-state index in [2.05, 4.69) is 9.97 Å². The number of nitrogens with zero attached hydrogens (tertiary/aromatic N) is 1. The molecule has 0 saturated heterocycles. The van der Waals surface area contributed by atoms with Crippen LogP contribution >= 0.6 is 22.9 Å². The number of fused-ring (bicyclic) bond motifs is 1. The largest absolute Gasteiger partial charge is 0.482 e. The van der Waals surface area contributed by atoms with Crippen LogP contribution in [-0.4, -0.2) is 38.5 Å². The summed E-state index contributed by atoms with van der Waals surface area (Å²) in [5.74, 6) is -2.54. The van der Waals surface area contributed by atoms with E-state index in [9.17, 15) is 21.6 Å². The number of sulfonamides is 1. The van der Waals surface area contributed by atoms with Crippen molar-refractivity contribution in [3.05, 3.63) is 28.5 Å². The molecule has 0 atom stereocenters. The SMILES string of the molecule is COc1nc(NS(=O)(=O)c2c[nH]c3sc(Cl)cc23)c(F)cc1OCC(F)F. The number of aromatic amines is 1. The van der Waals surface area contributed by atoms with Gasteiger partial charge in [0, 0.05) is 17.6 Å². The van der Waals surface area contributed by atoms with Crippen molar-refractivity contribution in [2.75, 3.05) is 18.4 Å². The first-order valence-corrected chi connectivity index (χ1v) is 9.83. The minimum absolute atomic E-state index is 0.154. The number of rotatable bonds is 7. The highest BCUT2D eigenvalue weighted by molar-refractivity contribution is 7.93. The quantitative estimate of drug-likeness (QED) is 0.580. The smallest absolute Gasteiger partial charge is 0.272 e. The van der Waals surface area contributed by atoms with E-state index in [0.717, 1.165) is 18.4 Å². The van der Waals surface area contributed by atoms with E-state index in [4.69, 9.17) is 21.1 Å². The van der Waals surface area contributed by atoms with Gasteiger partial charge in [-0.3, -0.25) is 4.72 Å². The van der Waals surface area contributed by atoms with Gasteiger partial charge in [0.05, 0.1) is 11.4 Å². The first kappa shape index (κ1) is 19.6. The third-order valence-electron chi connectivity index (χ3n) is 3.29. The van der Waals surface area contributed by atoms with Crippen LogP contribution in [-0.2, 0) is 10.0 Å². The number of hydrogen-bond donors (Lipinski definition) is 2. The number of thiophene rings is 1. The number of halogens is 4. The van der Waals surface area contributed by atoms with Crippen LogP contribution in [0.25, 0.3) is 10.2 Å². The number of nitrogens with one attached hydrogen (secondary N) is 2. The Balaban J connectivity index is 1.94. The van der Waals surface area contributed by atoms with E-state index in [1.807, 2.05) is 4.72 Å². The molecule has 0 aliphatic rings. The van der Waals surface area contributed by atoms with Gasteiger partial charge < -0.3 is 14.5 Å². The predicted octanol–water partition coefficient (Wildman–Crippen LogP) is 3.87. The highest BCUT2D eigenvalue weighted by Gasteiger charge is 2.24. The molecule has 3 heterocycles. The molecule has 3 aromatic rings. The molecular formula is C14H11ClF3N3O4S2. The van der Waals surface area contributed by atoms with Gasteiger partial charge in [-0.1, -0.05) is 11.6 Å². The van der Waals surface area contributed by atoms with E-state index < -0.39 is 34.7 Å². The fraction of sp³-hybridized carbons (Fsp3) is 0.214. The average molecular weight is 442 g/mol. The topological polar surface area (TPSA) is 93.3 Å². The molecule has 0 fully saturated rings. The van der Waals surface area contributed by atoms with E-state index >= 15 is 0 Å². The van der Waals surface area contributed by atoms with Crippen LogP contribution in [0, 0.1) is 5.82 Å². The Morgan fingerprint density at radius 1 is 1.41 bits per heavy atom. The van der Waals surface area contributed by atoms with Crippen molar-refractivity contribution in [1.82, 2.24) is 9.97 Å². The molecular weight excluding hydrogens is 431 g/mol. The molecule has 0 aliphatic carbocycles. The first-order valence-electron chi connectivity index (χ1n) is 7.16. The molecule has 13 heteroatoms. The number of alkyl halides is 2. The summed E-state index contributed by atoms with van der Waals surface area (Å²) in [4.78, 5) is 6.79. The Bertz CT molecular complexity index is 1080. The second kappa shape index (κ2) is 7.44. The van der Waals surface area contributed by atoms with Gasteiger partial charge in [-0.05, 0) is 6.07 Å². The van der Waals surface area contributed by atoms with Gasteiger partial charge in [-0.15, -0.1) is 11.3 Å². The third kappa shape index (κ3) is 4.06. The minimum atomic E-state index is -4.22. The normalized spacial score (nSPS) is 11.9. The van der Waals surface area contributed by atoms with Crippen LogP contribution in [0.5, 0.6) is 11.6 Å². The van der Waals surface area contributed by atoms with E-state index in [-0.39, 0.29) is 16.5 Å². The summed E-state index contributed by atoms with van der Waals surface area (Å²) in [6.45, 7) is -0.997. The highest BCUT2D eigenvalue weighted by Crippen LogP contribution is 2.35. The summed E-state index contributed by atoms with van der Waals surface area (Å²) in [7, 11) is -3.07. The Labute approximate surface area is 160 Å². The summed E-state index contributed by atoms with van der Waals surface area (Å²) in [6, 6.07) is 2.17. The lowest BCUT2D eigenvalue weighted by molar-refractivity contribution is 0.0799. The molecule has 0 bridgehead atoms. The predicted molar refractivity (Wildman–Crippen MR) is 94.2 cm³/mol. The minimum Gasteiger partial charge on any atom is -0.482 e. The number of ether oxygens (including phenoxy) is 2. The molecule has 0 amide bonds. The van der Waals surface area contributed by atoms with Crippen LogP contribution in [0.4, 0.5) is 19.0 Å². The Morgan fingerprint density at radius 2 is 2.15 bits per heavy atom. The maximum Gasteiger partial charge on any atom is 0.272 e. The first-order chi connectivity index (χ1) is 12.7. The molecule has 0 aliphatic heterocycles. The molecule has 3 aromatic heterocycles. The molecule has 7 nitrogen and oxygen atoms in total. The number of H-pyrrole nitrogens is 1. The second-order valence-electron chi connectivity index (χ2n) is 5.08. The maximum absolute atomic E-state index is 14.2. The number of anilines is 1. The zero-order valence-corrected chi connectivity index (χ0v) is 15.8. The van der Waals surface area contributed by atoms with Crippen molar-refractivity contribution in [2.45, 2.75) is 11.3 Å². The monoisotopic (exact) mass is 441 g/mol. The number of pyridine rings is 1. The van der Waals surface area contributed by atoms with Gasteiger partial charge in [0.1, 0.15) is 16.3 Å². The maximum atomic E-state index is 14.2. The summed E-state index contributed by atoms with van der Waals surface area (Å²) < 4.78 is 75.9. The standard InChI is InChI=1S/C14H11ClF3N3O4S2/c1-24-13-8(25-5-11(17)18)3-7(16)12(20-13)21-27(22,23)9-4-19-14-6(9)2-10(15)26-14/h2-4,11,19H,5H2,1H3,(H,20,21). The van der Waals surface area contributed by atoms with Crippen molar-refractivity contribution < 1.29 is 31.1 Å². The molecule has 0 radical (unpaired) electrons. The molecule has 0 spiro atoms. The number of hydrogen-bond acceptors (Lipinski definition) is 6. The van der Waals surface area contributed by atoms with Gasteiger partial charge in [-0.2, -0.15) is 4.98 Å². The zero-order chi connectivity index (χ0) is 19.8. The molecule has 0 saturated carbocycles. The molecule has 146 valence electrons. The number of aromatic nitrogens is 2.